The van der Waals surface area contributed by atoms with Crippen molar-refractivity contribution in [2.45, 2.75) is 10.8 Å². The van der Waals surface area contributed by atoms with E-state index in [1.165, 1.54) is 0 Å². The number of carbonyl (C=O) groups is 1. The number of hydrogen-bond donors (Lipinski definition) is 0. The largest absolute Gasteiger partial charge is 0.497 e. The number of amides is 1. The first kappa shape index (κ1) is 13.5. The summed E-state index contributed by atoms with van der Waals surface area (Å²) in [4.78, 5) is 14.4. The maximum absolute atomic E-state index is 12.5. The van der Waals surface area contributed by atoms with E-state index in [-0.39, 0.29) is 5.91 Å². The number of thioether (sulfide) groups is 1. The summed E-state index contributed by atoms with van der Waals surface area (Å²) in [5, 5.41) is 1.99. The number of ether oxygens (including phenoxy) is 1. The summed E-state index contributed by atoms with van der Waals surface area (Å²) in [5.41, 5.74) is 1.98. The molecule has 0 saturated heterocycles. The molecule has 0 atom stereocenters. The first-order valence-electron chi connectivity index (χ1n) is 6.40. The Kier molecular flexibility index (Phi) is 3.98. The Labute approximate surface area is 126 Å². The molecule has 0 bridgehead atoms. The predicted octanol–water partition coefficient (Wildman–Crippen LogP) is 3.50. The molecule has 104 valence electrons. The summed E-state index contributed by atoms with van der Waals surface area (Å²) < 4.78 is 6.30. The van der Waals surface area contributed by atoms with Crippen molar-refractivity contribution < 1.29 is 9.53 Å². The third kappa shape index (κ3) is 2.69. The summed E-state index contributed by atoms with van der Waals surface area (Å²) in [7, 11) is 1.66. The van der Waals surface area contributed by atoms with Crippen molar-refractivity contribution in [1.29, 1.82) is 0 Å². The van der Waals surface area contributed by atoms with E-state index in [2.05, 4.69) is 0 Å². The lowest BCUT2D eigenvalue weighted by Gasteiger charge is -2.20. The monoisotopic (exact) mass is 305 g/mol. The minimum absolute atomic E-state index is 0.141. The van der Waals surface area contributed by atoms with Crippen LogP contribution in [0.2, 0.25) is 0 Å². The number of nitrogens with zero attached hydrogens (tertiary/aromatic N) is 1. The van der Waals surface area contributed by atoms with E-state index >= 15 is 0 Å². The Hall–Kier alpha value is -1.46. The lowest BCUT2D eigenvalue weighted by atomic mass is 10.2. The highest BCUT2D eigenvalue weighted by Gasteiger charge is 2.23. The minimum atomic E-state index is 0.141. The van der Waals surface area contributed by atoms with Gasteiger partial charge >= 0.3 is 0 Å². The molecule has 1 aliphatic heterocycles. The number of benzene rings is 1. The molecule has 0 spiro atoms. The van der Waals surface area contributed by atoms with Gasteiger partial charge < -0.3 is 9.64 Å². The molecule has 0 N–H and O–H groups in total. The van der Waals surface area contributed by atoms with Crippen molar-refractivity contribution in [3.8, 4) is 5.75 Å². The van der Waals surface area contributed by atoms with Crippen LogP contribution in [0.5, 0.6) is 5.75 Å². The summed E-state index contributed by atoms with van der Waals surface area (Å²) in [6.07, 6.45) is 0. The van der Waals surface area contributed by atoms with Crippen molar-refractivity contribution in [3.63, 3.8) is 0 Å². The third-order valence-corrected chi connectivity index (χ3v) is 5.49. The fraction of sp³-hybridized carbons (Fsp3) is 0.267. The molecule has 1 amide bonds. The van der Waals surface area contributed by atoms with Crippen LogP contribution in [0.15, 0.2) is 39.9 Å². The first-order valence-corrected chi connectivity index (χ1v) is 8.27. The second-order valence-corrected chi connectivity index (χ2v) is 6.82. The van der Waals surface area contributed by atoms with Gasteiger partial charge in [-0.15, -0.1) is 23.1 Å². The zero-order valence-electron chi connectivity index (χ0n) is 11.2. The number of rotatable bonds is 3. The summed E-state index contributed by atoms with van der Waals surface area (Å²) in [6.45, 7) is 1.44. The van der Waals surface area contributed by atoms with Gasteiger partial charge in [-0.05, 0) is 29.1 Å². The van der Waals surface area contributed by atoms with Gasteiger partial charge in [-0.2, -0.15) is 0 Å². The molecule has 0 radical (unpaired) electrons. The van der Waals surface area contributed by atoms with Gasteiger partial charge in [0.2, 0.25) is 0 Å². The van der Waals surface area contributed by atoms with E-state index in [0.717, 1.165) is 33.4 Å². The maximum atomic E-state index is 12.5. The van der Waals surface area contributed by atoms with Crippen LogP contribution in [0.4, 0.5) is 0 Å². The van der Waals surface area contributed by atoms with Gasteiger partial charge in [-0.1, -0.05) is 12.1 Å². The zero-order valence-corrected chi connectivity index (χ0v) is 12.8. The van der Waals surface area contributed by atoms with Crippen molar-refractivity contribution in [2.24, 2.45) is 0 Å². The zero-order chi connectivity index (χ0) is 13.9. The SMILES string of the molecule is COc1ccc(CN2CCSc3sccc3C2=O)cc1. The van der Waals surface area contributed by atoms with Gasteiger partial charge in [0.05, 0.1) is 16.9 Å². The fourth-order valence-electron chi connectivity index (χ4n) is 2.19. The highest BCUT2D eigenvalue weighted by atomic mass is 32.2. The average molecular weight is 305 g/mol. The van der Waals surface area contributed by atoms with Gasteiger partial charge in [-0.3, -0.25) is 4.79 Å². The molecular weight excluding hydrogens is 290 g/mol. The summed E-state index contributed by atoms with van der Waals surface area (Å²) in [6, 6.07) is 9.82. The normalized spacial score (nSPS) is 14.8. The molecule has 2 heterocycles. The average Bonchev–Trinajstić information content (AvgIpc) is 2.89. The van der Waals surface area contributed by atoms with Crippen LogP contribution in [-0.2, 0) is 6.54 Å². The molecule has 0 unspecified atom stereocenters. The third-order valence-electron chi connectivity index (χ3n) is 3.27. The van der Waals surface area contributed by atoms with Crippen molar-refractivity contribution in [2.75, 3.05) is 19.4 Å². The number of thiophene rings is 1. The molecule has 1 aromatic heterocycles. The molecule has 3 nitrogen and oxygen atoms in total. The van der Waals surface area contributed by atoms with E-state index in [1.54, 1.807) is 30.2 Å². The van der Waals surface area contributed by atoms with E-state index in [0.29, 0.717) is 6.54 Å². The lowest BCUT2D eigenvalue weighted by molar-refractivity contribution is 0.0754. The number of hydrogen-bond acceptors (Lipinski definition) is 4. The molecular formula is C15H15NO2S2. The molecule has 0 saturated carbocycles. The molecule has 0 aliphatic carbocycles. The van der Waals surface area contributed by atoms with Gasteiger partial charge in [0.15, 0.2) is 0 Å². The van der Waals surface area contributed by atoms with Crippen molar-refractivity contribution in [3.05, 3.63) is 46.8 Å². The second-order valence-electron chi connectivity index (χ2n) is 4.54. The molecule has 1 aromatic carbocycles. The van der Waals surface area contributed by atoms with Gasteiger partial charge in [-0.25, -0.2) is 0 Å². The van der Waals surface area contributed by atoms with Gasteiger partial charge in [0, 0.05) is 18.8 Å². The number of carbonyl (C=O) groups excluding carboxylic acids is 1. The molecule has 5 heteroatoms. The van der Waals surface area contributed by atoms with Gasteiger partial charge in [0.1, 0.15) is 5.75 Å². The summed E-state index contributed by atoms with van der Waals surface area (Å²) >= 11 is 3.43. The Morgan fingerprint density at radius 3 is 2.80 bits per heavy atom. The van der Waals surface area contributed by atoms with E-state index in [9.17, 15) is 4.79 Å². The van der Waals surface area contributed by atoms with Crippen LogP contribution < -0.4 is 4.74 Å². The van der Waals surface area contributed by atoms with Crippen molar-refractivity contribution >= 4 is 29.0 Å². The van der Waals surface area contributed by atoms with Crippen LogP contribution in [-0.4, -0.2) is 30.2 Å². The Morgan fingerprint density at radius 1 is 1.25 bits per heavy atom. The van der Waals surface area contributed by atoms with Crippen LogP contribution in [0.1, 0.15) is 15.9 Å². The molecule has 1 aliphatic rings. The van der Waals surface area contributed by atoms with E-state index in [1.807, 2.05) is 40.6 Å². The minimum Gasteiger partial charge on any atom is -0.497 e. The van der Waals surface area contributed by atoms with Crippen LogP contribution in [0.25, 0.3) is 0 Å². The second kappa shape index (κ2) is 5.89. The topological polar surface area (TPSA) is 29.5 Å². The van der Waals surface area contributed by atoms with Crippen LogP contribution in [0, 0.1) is 0 Å². The number of fused-ring (bicyclic) bond motifs is 1. The quantitative estimate of drug-likeness (QED) is 0.869. The molecule has 20 heavy (non-hydrogen) atoms. The molecule has 0 fully saturated rings. The Bertz CT molecular complexity index is 607. The summed E-state index contributed by atoms with van der Waals surface area (Å²) in [5.74, 6) is 1.93. The van der Waals surface area contributed by atoms with Gasteiger partial charge in [0.25, 0.3) is 5.91 Å². The van der Waals surface area contributed by atoms with Crippen molar-refractivity contribution in [1.82, 2.24) is 4.90 Å². The smallest absolute Gasteiger partial charge is 0.256 e. The van der Waals surface area contributed by atoms with Crippen LogP contribution in [0.3, 0.4) is 0 Å². The maximum Gasteiger partial charge on any atom is 0.256 e. The van der Waals surface area contributed by atoms with E-state index in [4.69, 9.17) is 4.74 Å². The standard InChI is InChI=1S/C15H15NO2S2/c1-18-12-4-2-11(3-5-12)10-16-7-9-20-15-13(14(16)17)6-8-19-15/h2-6,8H,7,9-10H2,1H3. The Morgan fingerprint density at radius 2 is 2.05 bits per heavy atom. The predicted molar refractivity (Wildman–Crippen MR) is 82.8 cm³/mol. The highest BCUT2D eigenvalue weighted by Crippen LogP contribution is 2.32. The lowest BCUT2D eigenvalue weighted by Crippen LogP contribution is -2.31. The number of methoxy groups -OCH3 is 1. The first-order chi connectivity index (χ1) is 9.78. The van der Waals surface area contributed by atoms with Crippen LogP contribution >= 0.6 is 23.1 Å². The fourth-order valence-corrected chi connectivity index (χ4v) is 4.30. The molecule has 3 rings (SSSR count). The highest BCUT2D eigenvalue weighted by molar-refractivity contribution is 8.01. The molecule has 2 aromatic rings. The van der Waals surface area contributed by atoms with E-state index < -0.39 is 0 Å². The Balaban J connectivity index is 1.78.